The topological polar surface area (TPSA) is 57.7 Å². The second kappa shape index (κ2) is 6.55. The Kier molecular flexibility index (Phi) is 4.39. The second-order valence-electron chi connectivity index (χ2n) is 6.68. The van der Waals surface area contributed by atoms with Crippen LogP contribution in [0.15, 0.2) is 47.8 Å². The molecule has 4 rings (SSSR count). The molecular weight excluding hydrogens is 356 g/mol. The first kappa shape index (κ1) is 16.8. The molecule has 2 aromatic rings. The van der Waals surface area contributed by atoms with Crippen LogP contribution in [0.4, 0.5) is 0 Å². The van der Waals surface area contributed by atoms with Gasteiger partial charge in [0.05, 0.1) is 11.7 Å². The Morgan fingerprint density at radius 3 is 2.56 bits per heavy atom. The highest BCUT2D eigenvalue weighted by Crippen LogP contribution is 2.35. The lowest BCUT2D eigenvalue weighted by atomic mass is 10.1. The SMILES string of the molecule is O=C(Cc1cccs1)N1CC2CN(Cc3ccccc3)S(=O)(=O)C2C1. The summed E-state index contributed by atoms with van der Waals surface area (Å²) in [6.07, 6.45) is 0.366. The van der Waals surface area contributed by atoms with Crippen molar-refractivity contribution in [1.29, 1.82) is 0 Å². The minimum Gasteiger partial charge on any atom is -0.341 e. The van der Waals surface area contributed by atoms with Gasteiger partial charge in [0.15, 0.2) is 0 Å². The largest absolute Gasteiger partial charge is 0.341 e. The van der Waals surface area contributed by atoms with E-state index in [-0.39, 0.29) is 11.8 Å². The lowest BCUT2D eigenvalue weighted by molar-refractivity contribution is -0.129. The quantitative estimate of drug-likeness (QED) is 0.820. The molecule has 0 spiro atoms. The van der Waals surface area contributed by atoms with Gasteiger partial charge in [-0.1, -0.05) is 36.4 Å². The van der Waals surface area contributed by atoms with Crippen LogP contribution in [0.3, 0.4) is 0 Å². The first-order valence-electron chi connectivity index (χ1n) is 8.37. The summed E-state index contributed by atoms with van der Waals surface area (Å²) < 4.78 is 27.3. The summed E-state index contributed by atoms with van der Waals surface area (Å²) in [6, 6.07) is 13.5. The third-order valence-corrected chi connectivity index (χ3v) is 8.20. The molecule has 2 unspecified atom stereocenters. The molecule has 1 aromatic carbocycles. The molecule has 1 aromatic heterocycles. The van der Waals surface area contributed by atoms with Crippen LogP contribution in [-0.4, -0.2) is 48.4 Å². The summed E-state index contributed by atoms with van der Waals surface area (Å²) in [5.41, 5.74) is 0.997. The van der Waals surface area contributed by atoms with E-state index in [1.165, 1.54) is 0 Å². The zero-order chi connectivity index (χ0) is 17.4. The van der Waals surface area contributed by atoms with Gasteiger partial charge < -0.3 is 4.90 Å². The van der Waals surface area contributed by atoms with Crippen molar-refractivity contribution in [2.75, 3.05) is 19.6 Å². The van der Waals surface area contributed by atoms with Crippen molar-refractivity contribution >= 4 is 27.3 Å². The van der Waals surface area contributed by atoms with Crippen molar-refractivity contribution in [1.82, 2.24) is 9.21 Å². The Labute approximate surface area is 151 Å². The highest BCUT2D eigenvalue weighted by Gasteiger charge is 2.51. The van der Waals surface area contributed by atoms with Gasteiger partial charge in [-0.2, -0.15) is 4.31 Å². The van der Waals surface area contributed by atoms with Crippen molar-refractivity contribution in [3.05, 3.63) is 58.3 Å². The van der Waals surface area contributed by atoms with E-state index in [0.717, 1.165) is 10.4 Å². The van der Waals surface area contributed by atoms with Gasteiger partial charge in [0, 0.05) is 37.0 Å². The molecule has 132 valence electrons. The number of likely N-dealkylation sites (tertiary alicyclic amines) is 1. The van der Waals surface area contributed by atoms with E-state index in [4.69, 9.17) is 0 Å². The van der Waals surface area contributed by atoms with Crippen LogP contribution >= 0.6 is 11.3 Å². The van der Waals surface area contributed by atoms with Gasteiger partial charge in [-0.15, -0.1) is 11.3 Å². The van der Waals surface area contributed by atoms with Crippen molar-refractivity contribution < 1.29 is 13.2 Å². The number of rotatable bonds is 4. The molecule has 3 heterocycles. The number of carbonyl (C=O) groups is 1. The molecule has 0 radical (unpaired) electrons. The molecule has 0 aliphatic carbocycles. The molecule has 0 saturated carbocycles. The Morgan fingerprint density at radius 1 is 1.08 bits per heavy atom. The summed E-state index contributed by atoms with van der Waals surface area (Å²) in [6.45, 7) is 1.78. The normalized spacial score (nSPS) is 25.2. The van der Waals surface area contributed by atoms with E-state index in [9.17, 15) is 13.2 Å². The first-order chi connectivity index (χ1) is 12.0. The smallest absolute Gasteiger partial charge is 0.227 e. The van der Waals surface area contributed by atoms with Crippen molar-refractivity contribution in [3.63, 3.8) is 0 Å². The summed E-state index contributed by atoms with van der Waals surface area (Å²) in [5, 5.41) is 1.50. The highest BCUT2D eigenvalue weighted by molar-refractivity contribution is 7.90. The van der Waals surface area contributed by atoms with E-state index < -0.39 is 15.3 Å². The maximum Gasteiger partial charge on any atom is 0.227 e. The maximum absolute atomic E-state index is 12.9. The molecule has 2 aliphatic heterocycles. The number of hydrogen-bond donors (Lipinski definition) is 0. The van der Waals surface area contributed by atoms with E-state index in [0.29, 0.717) is 32.6 Å². The van der Waals surface area contributed by atoms with Crippen LogP contribution in [0.2, 0.25) is 0 Å². The minimum absolute atomic E-state index is 0.0148. The molecule has 2 fully saturated rings. The number of carbonyl (C=O) groups excluding carboxylic acids is 1. The van der Waals surface area contributed by atoms with Gasteiger partial charge >= 0.3 is 0 Å². The number of thiophene rings is 1. The molecule has 5 nitrogen and oxygen atoms in total. The van der Waals surface area contributed by atoms with Crippen molar-refractivity contribution in [2.24, 2.45) is 5.92 Å². The minimum atomic E-state index is -3.35. The molecule has 2 aliphatic rings. The molecule has 0 N–H and O–H groups in total. The molecule has 1 amide bonds. The van der Waals surface area contributed by atoms with Crippen LogP contribution in [0.25, 0.3) is 0 Å². The van der Waals surface area contributed by atoms with E-state index in [1.807, 2.05) is 47.8 Å². The van der Waals surface area contributed by atoms with Gasteiger partial charge in [-0.05, 0) is 17.0 Å². The van der Waals surface area contributed by atoms with Crippen molar-refractivity contribution in [2.45, 2.75) is 18.2 Å². The fourth-order valence-corrected chi connectivity index (χ4v) is 6.56. The van der Waals surface area contributed by atoms with Crippen LogP contribution in [0.5, 0.6) is 0 Å². The number of amides is 1. The number of hydrogen-bond acceptors (Lipinski definition) is 4. The molecule has 2 saturated heterocycles. The lowest BCUT2D eigenvalue weighted by Gasteiger charge is -2.21. The van der Waals surface area contributed by atoms with E-state index >= 15 is 0 Å². The number of benzene rings is 1. The van der Waals surface area contributed by atoms with Gasteiger partial charge in [0.25, 0.3) is 0 Å². The third kappa shape index (κ3) is 3.23. The monoisotopic (exact) mass is 376 g/mol. The molecule has 0 bridgehead atoms. The average molecular weight is 377 g/mol. The molecule has 25 heavy (non-hydrogen) atoms. The summed E-state index contributed by atoms with van der Waals surface area (Å²) in [7, 11) is -3.35. The van der Waals surface area contributed by atoms with Gasteiger partial charge in [0.2, 0.25) is 15.9 Å². The predicted molar refractivity (Wildman–Crippen MR) is 97.7 cm³/mol. The number of nitrogens with zero attached hydrogens (tertiary/aromatic N) is 2. The summed E-state index contributed by atoms with van der Waals surface area (Å²) in [4.78, 5) is 15.2. The zero-order valence-corrected chi connectivity index (χ0v) is 15.4. The third-order valence-electron chi connectivity index (χ3n) is 5.02. The Balaban J connectivity index is 1.43. The Morgan fingerprint density at radius 2 is 1.88 bits per heavy atom. The van der Waals surface area contributed by atoms with Gasteiger partial charge in [0.1, 0.15) is 0 Å². The molecule has 7 heteroatoms. The highest BCUT2D eigenvalue weighted by atomic mass is 32.2. The van der Waals surface area contributed by atoms with Crippen LogP contribution in [0.1, 0.15) is 10.4 Å². The average Bonchev–Trinajstić information content (AvgIpc) is 3.28. The lowest BCUT2D eigenvalue weighted by Crippen LogP contribution is -2.37. The Bertz CT molecular complexity index is 850. The van der Waals surface area contributed by atoms with Crippen molar-refractivity contribution in [3.8, 4) is 0 Å². The predicted octanol–water partition coefficient (Wildman–Crippen LogP) is 1.96. The number of fused-ring (bicyclic) bond motifs is 1. The fraction of sp³-hybridized carbons (Fsp3) is 0.389. The molecule has 2 atom stereocenters. The zero-order valence-electron chi connectivity index (χ0n) is 13.7. The summed E-state index contributed by atoms with van der Waals surface area (Å²) in [5.74, 6) is 0.0441. The van der Waals surface area contributed by atoms with Gasteiger partial charge in [-0.25, -0.2) is 8.42 Å². The van der Waals surface area contributed by atoms with Crippen LogP contribution in [0, 0.1) is 5.92 Å². The molecular formula is C18H20N2O3S2. The maximum atomic E-state index is 12.9. The van der Waals surface area contributed by atoms with Gasteiger partial charge in [-0.3, -0.25) is 4.79 Å². The Hall–Kier alpha value is -1.70. The number of sulfonamides is 1. The first-order valence-corrected chi connectivity index (χ1v) is 10.8. The fourth-order valence-electron chi connectivity index (χ4n) is 3.73. The van der Waals surface area contributed by atoms with E-state index in [2.05, 4.69) is 0 Å². The summed E-state index contributed by atoms with van der Waals surface area (Å²) >= 11 is 1.56. The standard InChI is InChI=1S/C18H20N2O3S2/c21-18(9-16-7-4-8-24-16)19-11-15-12-20(25(22,23)17(15)13-19)10-14-5-2-1-3-6-14/h1-8,15,17H,9-13H2. The van der Waals surface area contributed by atoms with E-state index in [1.54, 1.807) is 20.5 Å². The second-order valence-corrected chi connectivity index (χ2v) is 9.86. The van der Waals surface area contributed by atoms with Crippen LogP contribution < -0.4 is 0 Å². The van der Waals surface area contributed by atoms with Crippen LogP contribution in [-0.2, 0) is 27.8 Å².